The maximum absolute atomic E-state index is 10.1. The minimum absolute atomic E-state index is 0.254. The maximum Gasteiger partial charge on any atom is 0.0580 e. The molecule has 0 heterocycles. The maximum atomic E-state index is 10.1. The molecule has 18 heavy (non-hydrogen) atoms. The molecule has 0 saturated carbocycles. The van der Waals surface area contributed by atoms with Crippen molar-refractivity contribution in [2.45, 2.75) is 31.8 Å². The summed E-state index contributed by atoms with van der Waals surface area (Å²) in [7, 11) is 0. The Balaban J connectivity index is 2.09. The molecule has 0 aliphatic carbocycles. The number of hydrogen-bond donors (Lipinski definition) is 1. The smallest absolute Gasteiger partial charge is 0.0580 e. The Bertz CT molecular complexity index is 511. The van der Waals surface area contributed by atoms with Gasteiger partial charge in [0.15, 0.2) is 0 Å². The van der Waals surface area contributed by atoms with Gasteiger partial charge < -0.3 is 5.11 Å². The van der Waals surface area contributed by atoms with E-state index in [4.69, 9.17) is 0 Å². The van der Waals surface area contributed by atoms with E-state index in [1.54, 1.807) is 0 Å². The van der Waals surface area contributed by atoms with Crippen molar-refractivity contribution in [1.29, 1.82) is 0 Å². The summed E-state index contributed by atoms with van der Waals surface area (Å²) in [6.45, 7) is 3.70. The Morgan fingerprint density at radius 3 is 2.72 bits per heavy atom. The van der Waals surface area contributed by atoms with Crippen LogP contribution in [0.5, 0.6) is 0 Å². The molecule has 0 bridgehead atoms. The van der Waals surface area contributed by atoms with E-state index in [9.17, 15) is 5.11 Å². The zero-order chi connectivity index (χ0) is 12.8. The van der Waals surface area contributed by atoms with E-state index in [0.717, 1.165) is 25.7 Å². The van der Waals surface area contributed by atoms with Crippen LogP contribution in [0.4, 0.5) is 0 Å². The van der Waals surface area contributed by atoms with E-state index in [-0.39, 0.29) is 6.10 Å². The second-order valence-electron chi connectivity index (χ2n) is 4.72. The third kappa shape index (κ3) is 3.21. The second-order valence-corrected chi connectivity index (χ2v) is 4.72. The van der Waals surface area contributed by atoms with Gasteiger partial charge in [0, 0.05) is 0 Å². The zero-order valence-electron chi connectivity index (χ0n) is 10.7. The van der Waals surface area contributed by atoms with Crippen LogP contribution in [0.25, 0.3) is 10.8 Å². The first-order chi connectivity index (χ1) is 8.81. The Morgan fingerprint density at radius 1 is 1.11 bits per heavy atom. The molecule has 2 aromatic rings. The highest BCUT2D eigenvalue weighted by Crippen LogP contribution is 2.20. The normalized spacial score (nSPS) is 12.5. The van der Waals surface area contributed by atoms with E-state index < -0.39 is 0 Å². The number of hydrogen-bond acceptors (Lipinski definition) is 1. The predicted molar refractivity (Wildman–Crippen MR) is 77.7 cm³/mol. The second kappa shape index (κ2) is 6.36. The number of fused-ring (bicyclic) bond motifs is 1. The fraction of sp³-hybridized carbons (Fsp3) is 0.294. The van der Waals surface area contributed by atoms with Gasteiger partial charge in [-0.25, -0.2) is 0 Å². The summed E-state index contributed by atoms with van der Waals surface area (Å²) >= 11 is 0. The number of allylic oxidation sites excluding steroid dienone is 1. The van der Waals surface area contributed by atoms with E-state index in [1.807, 2.05) is 12.1 Å². The van der Waals surface area contributed by atoms with Crippen LogP contribution in [-0.4, -0.2) is 11.2 Å². The van der Waals surface area contributed by atoms with Crippen molar-refractivity contribution in [3.63, 3.8) is 0 Å². The van der Waals surface area contributed by atoms with Gasteiger partial charge in [-0.1, -0.05) is 48.5 Å². The van der Waals surface area contributed by atoms with Crippen molar-refractivity contribution >= 4 is 10.8 Å². The fourth-order valence-corrected chi connectivity index (χ4v) is 2.32. The largest absolute Gasteiger partial charge is 0.393 e. The number of aliphatic hydroxyl groups is 1. The summed E-state index contributed by atoms with van der Waals surface area (Å²) < 4.78 is 0. The SMILES string of the molecule is C=CCCCC(O)Cc1cccc2ccccc12. The first-order valence-corrected chi connectivity index (χ1v) is 6.57. The van der Waals surface area contributed by atoms with Crippen LogP contribution in [0.1, 0.15) is 24.8 Å². The molecule has 0 amide bonds. The molecule has 0 fully saturated rings. The lowest BCUT2D eigenvalue weighted by Gasteiger charge is -2.12. The lowest BCUT2D eigenvalue weighted by Crippen LogP contribution is -2.10. The van der Waals surface area contributed by atoms with Crippen LogP contribution in [0.2, 0.25) is 0 Å². The molecular formula is C17H20O. The van der Waals surface area contributed by atoms with Gasteiger partial charge in [0.2, 0.25) is 0 Å². The van der Waals surface area contributed by atoms with Gasteiger partial charge in [-0.2, -0.15) is 0 Å². The molecule has 2 rings (SSSR count). The number of benzene rings is 2. The zero-order valence-corrected chi connectivity index (χ0v) is 10.7. The molecule has 0 aliphatic heterocycles. The van der Waals surface area contributed by atoms with Gasteiger partial charge >= 0.3 is 0 Å². The molecule has 1 nitrogen and oxygen atoms in total. The van der Waals surface area contributed by atoms with Gasteiger partial charge in [0.05, 0.1) is 6.10 Å². The van der Waals surface area contributed by atoms with Crippen molar-refractivity contribution in [1.82, 2.24) is 0 Å². The van der Waals surface area contributed by atoms with Crippen molar-refractivity contribution in [3.8, 4) is 0 Å². The van der Waals surface area contributed by atoms with Crippen LogP contribution in [-0.2, 0) is 6.42 Å². The van der Waals surface area contributed by atoms with Crippen molar-refractivity contribution < 1.29 is 5.11 Å². The minimum Gasteiger partial charge on any atom is -0.393 e. The molecule has 1 atom stereocenters. The fourth-order valence-electron chi connectivity index (χ4n) is 2.32. The first kappa shape index (κ1) is 12.8. The Kier molecular flexibility index (Phi) is 4.54. The summed E-state index contributed by atoms with van der Waals surface area (Å²) in [5.41, 5.74) is 1.24. The van der Waals surface area contributed by atoms with E-state index in [0.29, 0.717) is 0 Å². The van der Waals surface area contributed by atoms with Crippen LogP contribution >= 0.6 is 0 Å². The molecule has 1 N–H and O–H groups in total. The molecule has 0 spiro atoms. The van der Waals surface area contributed by atoms with Crippen LogP contribution in [0.15, 0.2) is 55.1 Å². The topological polar surface area (TPSA) is 20.2 Å². The average molecular weight is 240 g/mol. The summed E-state index contributed by atoms with van der Waals surface area (Å²) in [5.74, 6) is 0. The highest BCUT2D eigenvalue weighted by Gasteiger charge is 2.07. The molecule has 0 radical (unpaired) electrons. The van der Waals surface area contributed by atoms with E-state index in [1.165, 1.54) is 16.3 Å². The lowest BCUT2D eigenvalue weighted by atomic mass is 9.98. The molecular weight excluding hydrogens is 220 g/mol. The molecule has 0 aromatic heterocycles. The number of aliphatic hydroxyl groups excluding tert-OH is 1. The standard InChI is InChI=1S/C17H20O/c1-2-3-4-11-16(18)13-15-10-7-9-14-8-5-6-12-17(14)15/h2,5-10,12,16,18H,1,3-4,11,13H2. The molecule has 94 valence electrons. The Hall–Kier alpha value is -1.60. The van der Waals surface area contributed by atoms with Crippen molar-refractivity contribution in [2.75, 3.05) is 0 Å². The molecule has 1 unspecified atom stereocenters. The first-order valence-electron chi connectivity index (χ1n) is 6.57. The van der Waals surface area contributed by atoms with Crippen LogP contribution in [0.3, 0.4) is 0 Å². The van der Waals surface area contributed by atoms with Gasteiger partial charge in [0.25, 0.3) is 0 Å². The van der Waals surface area contributed by atoms with E-state index in [2.05, 4.69) is 43.0 Å². The quantitative estimate of drug-likeness (QED) is 0.595. The highest BCUT2D eigenvalue weighted by atomic mass is 16.3. The van der Waals surface area contributed by atoms with Gasteiger partial charge in [0.1, 0.15) is 0 Å². The van der Waals surface area contributed by atoms with Gasteiger partial charge in [-0.15, -0.1) is 6.58 Å². The lowest BCUT2D eigenvalue weighted by molar-refractivity contribution is 0.163. The Morgan fingerprint density at radius 2 is 1.89 bits per heavy atom. The Labute approximate surface area is 109 Å². The van der Waals surface area contributed by atoms with Gasteiger partial charge in [-0.05, 0) is 42.0 Å². The van der Waals surface area contributed by atoms with Gasteiger partial charge in [-0.3, -0.25) is 0 Å². The number of unbranched alkanes of at least 4 members (excludes halogenated alkanes) is 1. The van der Waals surface area contributed by atoms with Crippen LogP contribution in [0, 0.1) is 0 Å². The molecule has 0 saturated heterocycles. The third-order valence-electron chi connectivity index (χ3n) is 3.28. The molecule has 2 aromatic carbocycles. The molecule has 1 heteroatoms. The van der Waals surface area contributed by atoms with E-state index >= 15 is 0 Å². The van der Waals surface area contributed by atoms with Crippen molar-refractivity contribution in [3.05, 3.63) is 60.7 Å². The third-order valence-corrected chi connectivity index (χ3v) is 3.28. The monoisotopic (exact) mass is 240 g/mol. The molecule has 0 aliphatic rings. The summed E-state index contributed by atoms with van der Waals surface area (Å²) in [6.07, 6.45) is 5.22. The number of rotatable bonds is 6. The van der Waals surface area contributed by atoms with Crippen LogP contribution < -0.4 is 0 Å². The summed E-state index contributed by atoms with van der Waals surface area (Å²) in [5, 5.41) is 12.6. The average Bonchev–Trinajstić information content (AvgIpc) is 2.39. The van der Waals surface area contributed by atoms with Crippen molar-refractivity contribution in [2.24, 2.45) is 0 Å². The summed E-state index contributed by atoms with van der Waals surface area (Å²) in [6, 6.07) is 14.6. The summed E-state index contributed by atoms with van der Waals surface area (Å²) in [4.78, 5) is 0. The predicted octanol–water partition coefficient (Wildman–Crippen LogP) is 4.10. The highest BCUT2D eigenvalue weighted by molar-refractivity contribution is 5.85. The minimum atomic E-state index is -0.254.